The maximum atomic E-state index is 12.7. The molecule has 1 aliphatic carbocycles. The quantitative estimate of drug-likeness (QED) is 0.524. The molecule has 0 nitrogen and oxygen atoms in total. The normalized spacial score (nSPS) is 25.8. The van der Waals surface area contributed by atoms with E-state index < -0.39 is 28.7 Å². The van der Waals surface area contributed by atoms with Gasteiger partial charge in [0.15, 0.2) is 5.83 Å². The highest BCUT2D eigenvalue weighted by Gasteiger charge is 2.74. The Morgan fingerprint density at radius 3 is 1.46 bits per heavy atom. The van der Waals surface area contributed by atoms with Crippen molar-refractivity contribution in [1.29, 1.82) is 0 Å². The highest BCUT2D eigenvalue weighted by molar-refractivity contribution is 5.42. The van der Waals surface area contributed by atoms with E-state index >= 15 is 0 Å². The summed E-state index contributed by atoms with van der Waals surface area (Å²) in [4.78, 5) is 0. The Kier molecular flexibility index (Phi) is 1.81. The van der Waals surface area contributed by atoms with Crippen molar-refractivity contribution in [2.75, 3.05) is 0 Å². The summed E-state index contributed by atoms with van der Waals surface area (Å²) >= 11 is 0. The average molecular weight is 200 g/mol. The molecule has 5 heteroatoms. The van der Waals surface area contributed by atoms with Crippen molar-refractivity contribution in [2.45, 2.75) is 32.6 Å². The van der Waals surface area contributed by atoms with Crippen molar-refractivity contribution in [3.8, 4) is 0 Å². The van der Waals surface area contributed by atoms with E-state index in [0.29, 0.717) is 0 Å². The molecular formula is C8H9F5. The molecule has 0 aromatic rings. The van der Waals surface area contributed by atoms with Gasteiger partial charge in [0.2, 0.25) is 0 Å². The maximum Gasteiger partial charge on any atom is 0.365 e. The van der Waals surface area contributed by atoms with Gasteiger partial charge in [-0.15, -0.1) is 0 Å². The lowest BCUT2D eigenvalue weighted by molar-refractivity contribution is -0.213. The molecule has 0 unspecified atom stereocenters. The fourth-order valence-corrected chi connectivity index (χ4v) is 1.33. The van der Waals surface area contributed by atoms with Crippen molar-refractivity contribution in [3.63, 3.8) is 0 Å². The molecule has 0 fully saturated rings. The van der Waals surface area contributed by atoms with Crippen LogP contribution in [0.5, 0.6) is 0 Å². The molecule has 0 atom stereocenters. The van der Waals surface area contributed by atoms with Crippen LogP contribution in [-0.2, 0) is 0 Å². The molecule has 1 rings (SSSR count). The van der Waals surface area contributed by atoms with Gasteiger partial charge in [-0.05, 0) is 5.41 Å². The molecule has 0 N–H and O–H groups in total. The van der Waals surface area contributed by atoms with Crippen LogP contribution in [-0.4, -0.2) is 11.8 Å². The van der Waals surface area contributed by atoms with Crippen LogP contribution >= 0.6 is 0 Å². The molecule has 13 heavy (non-hydrogen) atoms. The fourth-order valence-electron chi connectivity index (χ4n) is 1.33. The van der Waals surface area contributed by atoms with Gasteiger partial charge in [-0.2, -0.15) is 17.6 Å². The summed E-state index contributed by atoms with van der Waals surface area (Å²) in [5.41, 5.74) is -2.36. The summed E-state index contributed by atoms with van der Waals surface area (Å²) in [5.74, 6) is -10.9. The molecule has 0 amide bonds. The summed E-state index contributed by atoms with van der Waals surface area (Å²) < 4.78 is 62.6. The van der Waals surface area contributed by atoms with Crippen LogP contribution in [0.1, 0.15) is 20.8 Å². The van der Waals surface area contributed by atoms with E-state index in [-0.39, 0.29) is 0 Å². The van der Waals surface area contributed by atoms with E-state index in [1.807, 2.05) is 0 Å². The SMILES string of the molecule is CC(C)(C)C1=C(F)C(F)(F)C1(F)F. The second-order valence-corrected chi connectivity index (χ2v) is 4.09. The number of hydrogen-bond acceptors (Lipinski definition) is 0. The number of hydrogen-bond donors (Lipinski definition) is 0. The van der Waals surface area contributed by atoms with Gasteiger partial charge in [-0.3, -0.25) is 0 Å². The molecule has 0 aromatic carbocycles. The first-order valence-corrected chi connectivity index (χ1v) is 3.69. The lowest BCUT2D eigenvalue weighted by Gasteiger charge is -2.42. The van der Waals surface area contributed by atoms with Gasteiger partial charge >= 0.3 is 11.8 Å². The van der Waals surface area contributed by atoms with Crippen molar-refractivity contribution >= 4 is 0 Å². The van der Waals surface area contributed by atoms with Gasteiger partial charge in [0.25, 0.3) is 0 Å². The van der Waals surface area contributed by atoms with Crippen LogP contribution < -0.4 is 0 Å². The second-order valence-electron chi connectivity index (χ2n) is 4.09. The zero-order valence-corrected chi connectivity index (χ0v) is 7.39. The van der Waals surface area contributed by atoms with Gasteiger partial charge in [-0.1, -0.05) is 20.8 Å². The second kappa shape index (κ2) is 2.25. The first-order valence-electron chi connectivity index (χ1n) is 3.69. The summed E-state index contributed by atoms with van der Waals surface area (Å²) in [5, 5.41) is 0. The molecule has 0 spiro atoms. The Hall–Kier alpha value is -0.610. The average Bonchev–Trinajstić information content (AvgIpc) is 1.82. The van der Waals surface area contributed by atoms with E-state index in [4.69, 9.17) is 0 Å². The summed E-state index contributed by atoms with van der Waals surface area (Å²) in [6.45, 7) is 3.81. The third kappa shape index (κ3) is 1.09. The third-order valence-electron chi connectivity index (χ3n) is 1.95. The minimum atomic E-state index is -4.62. The zero-order valence-electron chi connectivity index (χ0n) is 7.39. The van der Waals surface area contributed by atoms with Crippen LogP contribution in [0.2, 0.25) is 0 Å². The van der Waals surface area contributed by atoms with E-state index in [2.05, 4.69) is 0 Å². The van der Waals surface area contributed by atoms with E-state index in [1.54, 1.807) is 0 Å². The van der Waals surface area contributed by atoms with Crippen molar-refractivity contribution in [2.24, 2.45) is 5.41 Å². The standard InChI is InChI=1S/C8H9F5/c1-6(2,3)4-5(9)8(12,13)7(4,10)11/h1-3H3. The smallest absolute Gasteiger partial charge is 0.205 e. The molecule has 1 aliphatic rings. The third-order valence-corrected chi connectivity index (χ3v) is 1.95. The largest absolute Gasteiger partial charge is 0.365 e. The number of rotatable bonds is 0. The van der Waals surface area contributed by atoms with Crippen molar-refractivity contribution in [1.82, 2.24) is 0 Å². The van der Waals surface area contributed by atoms with E-state index in [0.717, 1.165) is 0 Å². The maximum absolute atomic E-state index is 12.7. The molecule has 0 heterocycles. The Balaban J connectivity index is 3.23. The molecule has 0 radical (unpaired) electrons. The monoisotopic (exact) mass is 200 g/mol. The zero-order chi connectivity index (χ0) is 10.7. The van der Waals surface area contributed by atoms with Gasteiger partial charge in [0.1, 0.15) is 0 Å². The van der Waals surface area contributed by atoms with Gasteiger partial charge in [0, 0.05) is 5.57 Å². The molecule has 76 valence electrons. The topological polar surface area (TPSA) is 0 Å². The van der Waals surface area contributed by atoms with Crippen molar-refractivity contribution < 1.29 is 22.0 Å². The van der Waals surface area contributed by atoms with E-state index in [9.17, 15) is 22.0 Å². The van der Waals surface area contributed by atoms with Crippen LogP contribution in [0.25, 0.3) is 0 Å². The van der Waals surface area contributed by atoms with Gasteiger partial charge in [0.05, 0.1) is 0 Å². The molecule has 0 saturated carbocycles. The highest BCUT2D eigenvalue weighted by Crippen LogP contribution is 2.60. The minimum Gasteiger partial charge on any atom is -0.205 e. The molecule has 0 bridgehead atoms. The molecular weight excluding hydrogens is 191 g/mol. The Labute approximate surface area is 72.4 Å². The Morgan fingerprint density at radius 2 is 1.31 bits per heavy atom. The highest BCUT2D eigenvalue weighted by atomic mass is 19.3. The van der Waals surface area contributed by atoms with Crippen LogP contribution in [0.3, 0.4) is 0 Å². The minimum absolute atomic E-state index is 1.09. The molecule has 0 saturated heterocycles. The first-order chi connectivity index (χ1) is 5.53. The van der Waals surface area contributed by atoms with Crippen LogP contribution in [0.4, 0.5) is 22.0 Å². The van der Waals surface area contributed by atoms with Crippen molar-refractivity contribution in [3.05, 3.63) is 11.4 Å². The van der Waals surface area contributed by atoms with Crippen LogP contribution in [0, 0.1) is 5.41 Å². The van der Waals surface area contributed by atoms with E-state index in [1.165, 1.54) is 20.8 Å². The predicted molar refractivity (Wildman–Crippen MR) is 37.5 cm³/mol. The Morgan fingerprint density at radius 1 is 0.923 bits per heavy atom. The lowest BCUT2D eigenvalue weighted by atomic mass is 9.72. The van der Waals surface area contributed by atoms with Gasteiger partial charge < -0.3 is 0 Å². The summed E-state index contributed by atoms with van der Waals surface area (Å²) in [7, 11) is 0. The lowest BCUT2D eigenvalue weighted by Crippen LogP contribution is -2.55. The fraction of sp³-hybridized carbons (Fsp3) is 0.750. The number of allylic oxidation sites excluding steroid dienone is 2. The molecule has 0 aliphatic heterocycles. The summed E-state index contributed by atoms with van der Waals surface area (Å²) in [6.07, 6.45) is 0. The predicted octanol–water partition coefficient (Wildman–Crippen LogP) is 3.54. The first kappa shape index (κ1) is 10.5. The molecule has 0 aromatic heterocycles. The number of alkyl halides is 4. The summed E-state index contributed by atoms with van der Waals surface area (Å²) in [6, 6.07) is 0. The number of halogens is 5. The Bertz CT molecular complexity index is 269. The van der Waals surface area contributed by atoms with Crippen LogP contribution in [0.15, 0.2) is 11.4 Å². The van der Waals surface area contributed by atoms with Gasteiger partial charge in [-0.25, -0.2) is 4.39 Å².